The number of hydrogen-bond acceptors (Lipinski definition) is 3. The Labute approximate surface area is 78.6 Å². The van der Waals surface area contributed by atoms with Crippen molar-refractivity contribution in [2.24, 2.45) is 0 Å². The molecule has 0 radical (unpaired) electrons. The zero-order valence-corrected chi connectivity index (χ0v) is 8.20. The van der Waals surface area contributed by atoms with Crippen molar-refractivity contribution in [3.63, 3.8) is 0 Å². The summed E-state index contributed by atoms with van der Waals surface area (Å²) in [6, 6.07) is 1.90. The maximum atomic E-state index is 9.12. The highest BCUT2D eigenvalue weighted by molar-refractivity contribution is 4.82. The third-order valence-corrected chi connectivity index (χ3v) is 2.40. The molecule has 1 aromatic heterocycles. The molecule has 0 aromatic carbocycles. The van der Waals surface area contributed by atoms with Gasteiger partial charge in [0.05, 0.1) is 6.61 Å². The van der Waals surface area contributed by atoms with Crippen LogP contribution in [-0.2, 0) is 6.54 Å². The van der Waals surface area contributed by atoms with Crippen LogP contribution in [0, 0.1) is 0 Å². The number of nitrogens with one attached hydrogen (secondary N) is 1. The zero-order valence-electron chi connectivity index (χ0n) is 8.20. The van der Waals surface area contributed by atoms with Gasteiger partial charge in [-0.25, -0.2) is 0 Å². The zero-order chi connectivity index (χ0) is 9.73. The Morgan fingerprint density at radius 3 is 2.85 bits per heavy atom. The first kappa shape index (κ1) is 10.2. The summed E-state index contributed by atoms with van der Waals surface area (Å²) in [5.41, 5.74) is -0.202. The van der Waals surface area contributed by atoms with Gasteiger partial charge in [-0.15, -0.1) is 0 Å². The summed E-state index contributed by atoms with van der Waals surface area (Å²) in [5, 5.41) is 16.3. The van der Waals surface area contributed by atoms with Gasteiger partial charge in [0.2, 0.25) is 0 Å². The molecule has 1 atom stereocenters. The molecule has 13 heavy (non-hydrogen) atoms. The number of aromatic nitrogens is 2. The Hall–Kier alpha value is -0.870. The van der Waals surface area contributed by atoms with E-state index in [2.05, 4.69) is 10.4 Å². The largest absolute Gasteiger partial charge is 0.394 e. The summed E-state index contributed by atoms with van der Waals surface area (Å²) in [7, 11) is 1.86. The second-order valence-electron chi connectivity index (χ2n) is 3.49. The van der Waals surface area contributed by atoms with Gasteiger partial charge in [0.1, 0.15) is 0 Å². The number of rotatable bonds is 5. The molecule has 1 heterocycles. The molecule has 1 aromatic rings. The Morgan fingerprint density at radius 1 is 1.62 bits per heavy atom. The average molecular weight is 183 g/mol. The number of aliphatic hydroxyl groups excluding tert-OH is 1. The highest BCUT2D eigenvalue weighted by atomic mass is 16.3. The summed E-state index contributed by atoms with van der Waals surface area (Å²) in [6.07, 6.45) is 4.55. The lowest BCUT2D eigenvalue weighted by molar-refractivity contribution is 0.167. The fourth-order valence-electron chi connectivity index (χ4n) is 1.08. The van der Waals surface area contributed by atoms with Crippen LogP contribution in [0.5, 0.6) is 0 Å². The smallest absolute Gasteiger partial charge is 0.0611 e. The van der Waals surface area contributed by atoms with E-state index in [1.54, 1.807) is 6.20 Å². The molecule has 74 valence electrons. The molecule has 0 aliphatic heterocycles. The van der Waals surface area contributed by atoms with Crippen LogP contribution >= 0.6 is 0 Å². The summed E-state index contributed by atoms with van der Waals surface area (Å²) < 4.78 is 1.87. The summed E-state index contributed by atoms with van der Waals surface area (Å²) in [5.74, 6) is 0. The van der Waals surface area contributed by atoms with Crippen LogP contribution < -0.4 is 5.32 Å². The van der Waals surface area contributed by atoms with Crippen molar-refractivity contribution in [1.82, 2.24) is 15.1 Å². The first-order chi connectivity index (χ1) is 6.20. The van der Waals surface area contributed by atoms with E-state index in [4.69, 9.17) is 5.11 Å². The maximum absolute atomic E-state index is 9.12. The fourth-order valence-corrected chi connectivity index (χ4v) is 1.08. The van der Waals surface area contributed by atoms with E-state index in [0.717, 1.165) is 13.0 Å². The number of aliphatic hydroxyl groups is 1. The number of hydrogen-bond donors (Lipinski definition) is 2. The minimum atomic E-state index is -0.202. The third kappa shape index (κ3) is 2.82. The first-order valence-corrected chi connectivity index (χ1v) is 4.47. The maximum Gasteiger partial charge on any atom is 0.0611 e. The van der Waals surface area contributed by atoms with Gasteiger partial charge < -0.3 is 10.4 Å². The lowest BCUT2D eigenvalue weighted by Crippen LogP contribution is -2.44. The van der Waals surface area contributed by atoms with E-state index in [-0.39, 0.29) is 12.1 Å². The average Bonchev–Trinajstić information content (AvgIpc) is 2.67. The van der Waals surface area contributed by atoms with Gasteiger partial charge in [-0.3, -0.25) is 4.68 Å². The molecular formula is C9H17N3O. The molecule has 0 saturated heterocycles. The molecule has 0 spiro atoms. The van der Waals surface area contributed by atoms with Crippen molar-refractivity contribution in [1.29, 1.82) is 0 Å². The molecule has 0 amide bonds. The SMILES string of the molecule is CNC(C)(CO)CCn1cccn1. The fraction of sp³-hybridized carbons (Fsp3) is 0.667. The van der Waals surface area contributed by atoms with Crippen LogP contribution in [0.25, 0.3) is 0 Å². The number of aryl methyl sites for hydroxylation is 1. The Bertz CT molecular complexity index is 229. The lowest BCUT2D eigenvalue weighted by atomic mass is 10.00. The van der Waals surface area contributed by atoms with Gasteiger partial charge >= 0.3 is 0 Å². The van der Waals surface area contributed by atoms with Crippen LogP contribution in [0.4, 0.5) is 0 Å². The Morgan fingerprint density at radius 2 is 2.38 bits per heavy atom. The van der Waals surface area contributed by atoms with Crippen molar-refractivity contribution < 1.29 is 5.11 Å². The molecule has 2 N–H and O–H groups in total. The van der Waals surface area contributed by atoms with E-state index >= 15 is 0 Å². The molecule has 1 unspecified atom stereocenters. The van der Waals surface area contributed by atoms with E-state index in [1.807, 2.05) is 30.9 Å². The van der Waals surface area contributed by atoms with Crippen molar-refractivity contribution in [2.45, 2.75) is 25.4 Å². The lowest BCUT2D eigenvalue weighted by Gasteiger charge is -2.26. The molecule has 1 rings (SSSR count). The van der Waals surface area contributed by atoms with Crippen LogP contribution in [0.3, 0.4) is 0 Å². The molecule has 0 fully saturated rings. The van der Waals surface area contributed by atoms with Crippen molar-refractivity contribution in [3.05, 3.63) is 18.5 Å². The minimum Gasteiger partial charge on any atom is -0.394 e. The molecule has 4 nitrogen and oxygen atoms in total. The predicted molar refractivity (Wildman–Crippen MR) is 51.4 cm³/mol. The predicted octanol–water partition coefficient (Wildman–Crippen LogP) is 0.244. The number of nitrogens with zero attached hydrogens (tertiary/aromatic N) is 2. The molecule has 0 bridgehead atoms. The second-order valence-corrected chi connectivity index (χ2v) is 3.49. The molecular weight excluding hydrogens is 166 g/mol. The van der Waals surface area contributed by atoms with Crippen molar-refractivity contribution >= 4 is 0 Å². The highest BCUT2D eigenvalue weighted by Gasteiger charge is 2.19. The molecule has 0 saturated carbocycles. The van der Waals surface area contributed by atoms with Crippen LogP contribution in [0.1, 0.15) is 13.3 Å². The van der Waals surface area contributed by atoms with E-state index in [0.29, 0.717) is 0 Å². The Balaban J connectivity index is 2.41. The van der Waals surface area contributed by atoms with Crippen LogP contribution in [-0.4, -0.2) is 34.1 Å². The molecule has 0 aliphatic rings. The van der Waals surface area contributed by atoms with Gasteiger partial charge in [0.15, 0.2) is 0 Å². The Kier molecular flexibility index (Phi) is 3.45. The van der Waals surface area contributed by atoms with E-state index in [1.165, 1.54) is 0 Å². The van der Waals surface area contributed by atoms with E-state index in [9.17, 15) is 0 Å². The van der Waals surface area contributed by atoms with Crippen molar-refractivity contribution in [3.8, 4) is 0 Å². The van der Waals surface area contributed by atoms with Gasteiger partial charge in [-0.1, -0.05) is 0 Å². The van der Waals surface area contributed by atoms with E-state index < -0.39 is 0 Å². The van der Waals surface area contributed by atoms with Gasteiger partial charge in [-0.2, -0.15) is 5.10 Å². The molecule has 0 aliphatic carbocycles. The first-order valence-electron chi connectivity index (χ1n) is 4.47. The summed E-state index contributed by atoms with van der Waals surface area (Å²) in [4.78, 5) is 0. The highest BCUT2D eigenvalue weighted by Crippen LogP contribution is 2.08. The van der Waals surface area contributed by atoms with Crippen LogP contribution in [0.15, 0.2) is 18.5 Å². The summed E-state index contributed by atoms with van der Waals surface area (Å²) >= 11 is 0. The third-order valence-electron chi connectivity index (χ3n) is 2.40. The monoisotopic (exact) mass is 183 g/mol. The normalized spacial score (nSPS) is 15.6. The summed E-state index contributed by atoms with van der Waals surface area (Å²) in [6.45, 7) is 2.96. The van der Waals surface area contributed by atoms with Gasteiger partial charge in [-0.05, 0) is 26.5 Å². The van der Waals surface area contributed by atoms with Crippen molar-refractivity contribution in [2.75, 3.05) is 13.7 Å². The quantitative estimate of drug-likeness (QED) is 0.687. The molecule has 4 heteroatoms. The van der Waals surface area contributed by atoms with Gasteiger partial charge in [0, 0.05) is 24.5 Å². The van der Waals surface area contributed by atoms with Crippen LogP contribution in [0.2, 0.25) is 0 Å². The number of likely N-dealkylation sites (N-methyl/N-ethyl adjacent to an activating group) is 1. The minimum absolute atomic E-state index is 0.144. The topological polar surface area (TPSA) is 50.1 Å². The van der Waals surface area contributed by atoms with Gasteiger partial charge in [0.25, 0.3) is 0 Å². The standard InChI is InChI=1S/C9H17N3O/c1-9(8-13,10-2)4-7-12-6-3-5-11-12/h3,5-6,10,13H,4,7-8H2,1-2H3. The second kappa shape index (κ2) is 4.39.